The van der Waals surface area contributed by atoms with Gasteiger partial charge in [-0.05, 0) is 43.7 Å². The molecule has 0 fully saturated rings. The summed E-state index contributed by atoms with van der Waals surface area (Å²) in [6.07, 6.45) is 0.723. The third-order valence-corrected chi connectivity index (χ3v) is 6.07. The van der Waals surface area contributed by atoms with E-state index in [1.54, 1.807) is 0 Å². The van der Waals surface area contributed by atoms with E-state index in [0.717, 1.165) is 33.5 Å². The van der Waals surface area contributed by atoms with E-state index < -0.39 is 0 Å². The van der Waals surface area contributed by atoms with Gasteiger partial charge in [0.15, 0.2) is 0 Å². The molecule has 29 heavy (non-hydrogen) atoms. The molecule has 0 spiro atoms. The number of carbonyl (C=O) groups excluding carboxylic acids is 1. The Labute approximate surface area is 183 Å². The number of hydrogen-bond donors (Lipinski definition) is 1. The topological polar surface area (TPSA) is 56.2 Å². The minimum absolute atomic E-state index is 0.102. The van der Waals surface area contributed by atoms with Crippen molar-refractivity contribution in [2.75, 3.05) is 6.61 Å². The van der Waals surface area contributed by atoms with Crippen LogP contribution in [0.15, 0.2) is 46.9 Å². The van der Waals surface area contributed by atoms with E-state index in [-0.39, 0.29) is 11.9 Å². The fraction of sp³-hybridized carbons (Fsp3) is 0.273. The first-order valence-corrected chi connectivity index (χ1v) is 10.6. The lowest BCUT2D eigenvalue weighted by Gasteiger charge is -2.27. The van der Waals surface area contributed by atoms with Crippen LogP contribution in [0.25, 0.3) is 0 Å². The molecule has 1 aliphatic rings. The van der Waals surface area contributed by atoms with Gasteiger partial charge in [-0.3, -0.25) is 9.48 Å². The highest BCUT2D eigenvalue weighted by atomic mass is 79.9. The summed E-state index contributed by atoms with van der Waals surface area (Å²) in [4.78, 5) is 13.1. The average Bonchev–Trinajstić information content (AvgIpc) is 2.97. The molecule has 0 radical (unpaired) electrons. The van der Waals surface area contributed by atoms with Crippen LogP contribution in [0.4, 0.5) is 0 Å². The fourth-order valence-electron chi connectivity index (χ4n) is 3.71. The van der Waals surface area contributed by atoms with Crippen LogP contribution in [0.2, 0.25) is 5.02 Å². The molecule has 1 unspecified atom stereocenters. The van der Waals surface area contributed by atoms with Gasteiger partial charge in [0.25, 0.3) is 5.91 Å². The van der Waals surface area contributed by atoms with E-state index >= 15 is 0 Å². The van der Waals surface area contributed by atoms with Crippen LogP contribution in [-0.2, 0) is 6.54 Å². The maximum Gasteiger partial charge on any atom is 0.255 e. The second-order valence-electron chi connectivity index (χ2n) is 7.14. The van der Waals surface area contributed by atoms with Crippen molar-refractivity contribution in [3.8, 4) is 5.75 Å². The number of benzene rings is 2. The van der Waals surface area contributed by atoms with Gasteiger partial charge in [-0.1, -0.05) is 45.7 Å². The number of rotatable bonds is 4. The van der Waals surface area contributed by atoms with Gasteiger partial charge in [-0.2, -0.15) is 5.10 Å². The number of ether oxygens (including phenoxy) is 1. The molecule has 0 saturated heterocycles. The molecular weight excluding hydrogens is 454 g/mol. The number of nitrogens with one attached hydrogen (secondary N) is 1. The summed E-state index contributed by atoms with van der Waals surface area (Å²) < 4.78 is 8.52. The Bertz CT molecular complexity index is 1080. The Balaban J connectivity index is 1.58. The second-order valence-corrected chi connectivity index (χ2v) is 8.46. The van der Waals surface area contributed by atoms with Crippen molar-refractivity contribution in [2.45, 2.75) is 32.9 Å². The fourth-order valence-corrected chi connectivity index (χ4v) is 4.29. The molecule has 2 heterocycles. The molecule has 5 nitrogen and oxygen atoms in total. The van der Waals surface area contributed by atoms with Gasteiger partial charge < -0.3 is 10.1 Å². The van der Waals surface area contributed by atoms with Crippen LogP contribution >= 0.6 is 27.5 Å². The first kappa shape index (κ1) is 20.0. The molecule has 1 amide bonds. The number of aryl methyl sites for hydroxylation is 1. The smallest absolute Gasteiger partial charge is 0.255 e. The number of amides is 1. The zero-order valence-corrected chi connectivity index (χ0v) is 18.5. The van der Waals surface area contributed by atoms with Crippen LogP contribution < -0.4 is 10.1 Å². The van der Waals surface area contributed by atoms with Gasteiger partial charge >= 0.3 is 0 Å². The number of hydrogen-bond acceptors (Lipinski definition) is 3. The Morgan fingerprint density at radius 2 is 2.10 bits per heavy atom. The quantitative estimate of drug-likeness (QED) is 0.564. The summed E-state index contributed by atoms with van der Waals surface area (Å²) in [6, 6.07) is 13.4. The molecule has 1 aromatic heterocycles. The standard InChI is InChI=1S/C22H21BrClN3O2/c1-13-21(14(2)27(26-13)12-15-5-3-4-6-18(15)24)22(28)25-19-9-10-29-20-8-7-16(23)11-17(19)20/h3-8,11,19H,9-10,12H2,1-2H3,(H,25,28). The number of carbonyl (C=O) groups is 1. The van der Waals surface area contributed by atoms with E-state index in [0.29, 0.717) is 29.4 Å². The highest BCUT2D eigenvalue weighted by Gasteiger charge is 2.26. The summed E-state index contributed by atoms with van der Waals surface area (Å²) >= 11 is 9.79. The molecule has 2 aromatic carbocycles. The maximum absolute atomic E-state index is 13.1. The van der Waals surface area contributed by atoms with Crippen molar-refractivity contribution in [1.82, 2.24) is 15.1 Å². The summed E-state index contributed by atoms with van der Waals surface area (Å²) in [5.74, 6) is 0.691. The van der Waals surface area contributed by atoms with Gasteiger partial charge in [-0.15, -0.1) is 0 Å². The highest BCUT2D eigenvalue weighted by molar-refractivity contribution is 9.10. The third kappa shape index (κ3) is 4.05. The SMILES string of the molecule is Cc1nn(Cc2ccccc2Cl)c(C)c1C(=O)NC1CCOc2ccc(Br)cc21. The maximum atomic E-state index is 13.1. The summed E-state index contributed by atoms with van der Waals surface area (Å²) in [5.41, 5.74) is 4.09. The molecule has 4 rings (SSSR count). The van der Waals surface area contributed by atoms with Crippen LogP contribution in [0, 0.1) is 13.8 Å². The lowest BCUT2D eigenvalue weighted by atomic mass is 10.00. The molecule has 3 aromatic rings. The summed E-state index contributed by atoms with van der Waals surface area (Å²) in [5, 5.41) is 8.44. The Morgan fingerprint density at radius 1 is 1.31 bits per heavy atom. The first-order valence-electron chi connectivity index (χ1n) is 9.44. The zero-order valence-electron chi connectivity index (χ0n) is 16.2. The number of aromatic nitrogens is 2. The van der Waals surface area contributed by atoms with Crippen molar-refractivity contribution in [2.24, 2.45) is 0 Å². The van der Waals surface area contributed by atoms with E-state index in [4.69, 9.17) is 16.3 Å². The van der Waals surface area contributed by atoms with E-state index in [2.05, 4.69) is 26.3 Å². The van der Waals surface area contributed by atoms with Crippen LogP contribution in [-0.4, -0.2) is 22.3 Å². The van der Waals surface area contributed by atoms with Crippen LogP contribution in [0.3, 0.4) is 0 Å². The van der Waals surface area contributed by atoms with Gasteiger partial charge in [0.2, 0.25) is 0 Å². The second kappa shape index (κ2) is 8.20. The van der Waals surface area contributed by atoms with Crippen molar-refractivity contribution in [1.29, 1.82) is 0 Å². The molecule has 0 bridgehead atoms. The first-order chi connectivity index (χ1) is 13.9. The predicted molar refractivity (Wildman–Crippen MR) is 117 cm³/mol. The predicted octanol–water partition coefficient (Wildman–Crippen LogP) is 5.22. The Hall–Kier alpha value is -2.31. The van der Waals surface area contributed by atoms with Gasteiger partial charge in [0.1, 0.15) is 5.75 Å². The van der Waals surface area contributed by atoms with Gasteiger partial charge in [0.05, 0.1) is 30.5 Å². The van der Waals surface area contributed by atoms with Crippen LogP contribution in [0.1, 0.15) is 45.3 Å². The summed E-state index contributed by atoms with van der Waals surface area (Å²) in [6.45, 7) is 4.87. The largest absolute Gasteiger partial charge is 0.493 e. The Kier molecular flexibility index (Phi) is 5.65. The van der Waals surface area contributed by atoms with Crippen molar-refractivity contribution in [3.05, 3.63) is 80.0 Å². The monoisotopic (exact) mass is 473 g/mol. The average molecular weight is 475 g/mol. The van der Waals surface area contributed by atoms with E-state index in [9.17, 15) is 4.79 Å². The zero-order chi connectivity index (χ0) is 20.5. The molecular formula is C22H21BrClN3O2. The molecule has 7 heteroatoms. The number of fused-ring (bicyclic) bond motifs is 1. The lowest BCUT2D eigenvalue weighted by Crippen LogP contribution is -2.32. The van der Waals surface area contributed by atoms with Gasteiger partial charge in [-0.25, -0.2) is 0 Å². The molecule has 0 saturated carbocycles. The molecule has 0 aliphatic carbocycles. The minimum Gasteiger partial charge on any atom is -0.493 e. The lowest BCUT2D eigenvalue weighted by molar-refractivity contribution is 0.0923. The normalized spacial score (nSPS) is 15.5. The number of nitrogens with zero attached hydrogens (tertiary/aromatic N) is 2. The highest BCUT2D eigenvalue weighted by Crippen LogP contribution is 2.34. The molecule has 1 atom stereocenters. The van der Waals surface area contributed by atoms with Crippen molar-refractivity contribution >= 4 is 33.4 Å². The van der Waals surface area contributed by atoms with Crippen molar-refractivity contribution in [3.63, 3.8) is 0 Å². The Morgan fingerprint density at radius 3 is 2.90 bits per heavy atom. The summed E-state index contributed by atoms with van der Waals surface area (Å²) in [7, 11) is 0. The minimum atomic E-state index is -0.122. The van der Waals surface area contributed by atoms with Gasteiger partial charge in [0, 0.05) is 27.2 Å². The van der Waals surface area contributed by atoms with E-state index in [1.165, 1.54) is 0 Å². The molecule has 150 valence electrons. The van der Waals surface area contributed by atoms with Crippen LogP contribution in [0.5, 0.6) is 5.75 Å². The van der Waals surface area contributed by atoms with Crippen molar-refractivity contribution < 1.29 is 9.53 Å². The molecule has 1 N–H and O–H groups in total. The third-order valence-electron chi connectivity index (χ3n) is 5.20. The van der Waals surface area contributed by atoms with E-state index in [1.807, 2.05) is 61.0 Å². The molecule has 1 aliphatic heterocycles. The number of halogens is 2.